The van der Waals surface area contributed by atoms with E-state index in [0.29, 0.717) is 5.76 Å². The third-order valence-electron chi connectivity index (χ3n) is 6.89. The molecule has 0 radical (unpaired) electrons. The standard InChI is InChI=1S/C22H40O5Si2/c1-15-19(26-28(8,9)21(2,3)4)20(27-29(10,11)22(5,6)7)17(24-15)14-16-12-13-18(23)25-16/h12-15,17,19-20H,1-11H3/b16-14+/t15-,17-,19+,20+/m1/s1. The molecule has 0 N–H and O–H groups in total. The smallest absolute Gasteiger partial charge is 0.336 e. The van der Waals surface area contributed by atoms with Crippen LogP contribution in [-0.2, 0) is 23.1 Å². The topological polar surface area (TPSA) is 54.0 Å². The second-order valence-corrected chi connectivity index (χ2v) is 20.8. The van der Waals surface area contributed by atoms with Gasteiger partial charge in [-0.05, 0) is 55.3 Å². The summed E-state index contributed by atoms with van der Waals surface area (Å²) in [6, 6.07) is 0. The van der Waals surface area contributed by atoms with E-state index < -0.39 is 16.6 Å². The molecule has 2 heterocycles. The van der Waals surface area contributed by atoms with E-state index in [9.17, 15) is 4.79 Å². The first-order valence-corrected chi connectivity index (χ1v) is 16.4. The highest BCUT2D eigenvalue weighted by Crippen LogP contribution is 2.43. The minimum Gasteiger partial charge on any atom is -0.424 e. The molecule has 0 amide bonds. The number of ether oxygens (including phenoxy) is 2. The van der Waals surface area contributed by atoms with Gasteiger partial charge in [-0.1, -0.05) is 41.5 Å². The van der Waals surface area contributed by atoms with E-state index in [1.54, 1.807) is 6.08 Å². The molecule has 0 unspecified atom stereocenters. The minimum absolute atomic E-state index is 0.0672. The Morgan fingerprint density at radius 3 is 1.79 bits per heavy atom. The van der Waals surface area contributed by atoms with Gasteiger partial charge in [0.25, 0.3) is 0 Å². The molecule has 5 nitrogen and oxygen atoms in total. The van der Waals surface area contributed by atoms with E-state index in [1.165, 1.54) is 6.08 Å². The summed E-state index contributed by atoms with van der Waals surface area (Å²) in [6.45, 7) is 24.5. The maximum atomic E-state index is 11.5. The maximum Gasteiger partial charge on any atom is 0.336 e. The highest BCUT2D eigenvalue weighted by atomic mass is 28.4. The SMILES string of the molecule is C[C@H]1O[C@H](/C=C2\C=CC(=O)O2)[C@H](O[Si](C)(C)C(C)(C)C)[C@H]1O[Si](C)(C)C(C)(C)C. The van der Waals surface area contributed by atoms with E-state index in [-0.39, 0.29) is 40.5 Å². The van der Waals surface area contributed by atoms with Gasteiger partial charge in [-0.25, -0.2) is 4.79 Å². The number of carbonyl (C=O) groups is 1. The van der Waals surface area contributed by atoms with Crippen LogP contribution in [0.1, 0.15) is 48.5 Å². The highest BCUT2D eigenvalue weighted by molar-refractivity contribution is 6.74. The minimum atomic E-state index is -2.07. The van der Waals surface area contributed by atoms with Gasteiger partial charge in [0.05, 0.1) is 12.2 Å². The largest absolute Gasteiger partial charge is 0.424 e. The van der Waals surface area contributed by atoms with Crippen LogP contribution in [-0.4, -0.2) is 47.0 Å². The second kappa shape index (κ2) is 8.07. The lowest BCUT2D eigenvalue weighted by Crippen LogP contribution is -2.53. The Kier molecular flexibility index (Phi) is 6.83. The zero-order valence-electron chi connectivity index (χ0n) is 20.1. The number of carbonyl (C=O) groups excluding carboxylic acids is 1. The summed E-state index contributed by atoms with van der Waals surface area (Å²) >= 11 is 0. The molecule has 2 aliphatic heterocycles. The summed E-state index contributed by atoms with van der Waals surface area (Å²) in [5, 5.41) is 0.159. The molecule has 1 fully saturated rings. The van der Waals surface area contributed by atoms with Gasteiger partial charge in [0.1, 0.15) is 18.0 Å². The van der Waals surface area contributed by atoms with Crippen LogP contribution in [0.4, 0.5) is 0 Å². The highest BCUT2D eigenvalue weighted by Gasteiger charge is 2.52. The molecular formula is C22H40O5Si2. The van der Waals surface area contributed by atoms with Crippen LogP contribution in [0, 0.1) is 0 Å². The molecule has 0 aromatic carbocycles. The van der Waals surface area contributed by atoms with Crippen molar-refractivity contribution in [1.82, 2.24) is 0 Å². The number of hydrogen-bond donors (Lipinski definition) is 0. The summed E-state index contributed by atoms with van der Waals surface area (Å²) in [4.78, 5) is 11.5. The van der Waals surface area contributed by atoms with Crippen LogP contribution in [0.3, 0.4) is 0 Å². The monoisotopic (exact) mass is 440 g/mol. The van der Waals surface area contributed by atoms with Gasteiger partial charge in [-0.3, -0.25) is 0 Å². The van der Waals surface area contributed by atoms with Gasteiger partial charge in [0.2, 0.25) is 0 Å². The molecule has 0 bridgehead atoms. The predicted octanol–water partition coefficient (Wildman–Crippen LogP) is 5.55. The molecule has 0 aliphatic carbocycles. The number of cyclic esters (lactones) is 1. The van der Waals surface area contributed by atoms with Gasteiger partial charge in [0, 0.05) is 6.08 Å². The average molecular weight is 441 g/mol. The summed E-state index contributed by atoms with van der Waals surface area (Å²) in [7, 11) is -4.10. The van der Waals surface area contributed by atoms with Crippen molar-refractivity contribution in [2.75, 3.05) is 0 Å². The summed E-state index contributed by atoms with van der Waals surface area (Å²) in [5.74, 6) is 0.169. The van der Waals surface area contributed by atoms with E-state index in [4.69, 9.17) is 18.3 Å². The Labute approximate surface area is 179 Å². The lowest BCUT2D eigenvalue weighted by atomic mass is 10.1. The molecule has 0 saturated carbocycles. The van der Waals surface area contributed by atoms with Gasteiger partial charge < -0.3 is 18.3 Å². The van der Waals surface area contributed by atoms with E-state index in [2.05, 4.69) is 74.7 Å². The Morgan fingerprint density at radius 2 is 1.38 bits per heavy atom. The van der Waals surface area contributed by atoms with Crippen LogP contribution in [0.2, 0.25) is 36.3 Å². The summed E-state index contributed by atoms with van der Waals surface area (Å²) in [6.07, 6.45) is 4.15. The lowest BCUT2D eigenvalue weighted by Gasteiger charge is -2.43. The van der Waals surface area contributed by atoms with Gasteiger partial charge in [0.15, 0.2) is 16.6 Å². The van der Waals surface area contributed by atoms with Crippen molar-refractivity contribution in [2.45, 2.75) is 109 Å². The molecule has 2 rings (SSSR count). The van der Waals surface area contributed by atoms with Crippen molar-refractivity contribution >= 4 is 22.6 Å². The van der Waals surface area contributed by atoms with Gasteiger partial charge in [-0.15, -0.1) is 0 Å². The van der Waals surface area contributed by atoms with E-state index >= 15 is 0 Å². The molecule has 7 heteroatoms. The van der Waals surface area contributed by atoms with Crippen molar-refractivity contribution < 1.29 is 23.1 Å². The number of allylic oxidation sites excluding steroid dienone is 1. The first kappa shape index (κ1) is 24.5. The Hall–Kier alpha value is -0.736. The van der Waals surface area contributed by atoms with Crippen molar-refractivity contribution in [2.24, 2.45) is 0 Å². The van der Waals surface area contributed by atoms with E-state index in [0.717, 1.165) is 0 Å². The molecule has 0 spiro atoms. The molecule has 4 atom stereocenters. The fourth-order valence-electron chi connectivity index (χ4n) is 2.91. The second-order valence-electron chi connectivity index (χ2n) is 11.3. The first-order valence-electron chi connectivity index (χ1n) is 10.6. The summed E-state index contributed by atoms with van der Waals surface area (Å²) < 4.78 is 25.2. The Balaban J connectivity index is 2.37. The van der Waals surface area contributed by atoms with Gasteiger partial charge in [-0.2, -0.15) is 0 Å². The molecule has 1 saturated heterocycles. The summed E-state index contributed by atoms with van der Waals surface area (Å²) in [5.41, 5.74) is 0. The van der Waals surface area contributed by atoms with Crippen LogP contribution < -0.4 is 0 Å². The lowest BCUT2D eigenvalue weighted by molar-refractivity contribution is -0.132. The molecule has 29 heavy (non-hydrogen) atoms. The van der Waals surface area contributed by atoms with Crippen molar-refractivity contribution in [1.29, 1.82) is 0 Å². The van der Waals surface area contributed by atoms with Crippen molar-refractivity contribution in [3.05, 3.63) is 24.0 Å². The van der Waals surface area contributed by atoms with Crippen molar-refractivity contribution in [3.63, 3.8) is 0 Å². The quantitative estimate of drug-likeness (QED) is 0.414. The molecule has 0 aromatic heterocycles. The van der Waals surface area contributed by atoms with Crippen LogP contribution >= 0.6 is 0 Å². The number of rotatable bonds is 5. The molecule has 166 valence electrons. The van der Waals surface area contributed by atoms with Crippen LogP contribution in [0.25, 0.3) is 0 Å². The van der Waals surface area contributed by atoms with Crippen LogP contribution in [0.15, 0.2) is 24.0 Å². The third-order valence-corrected chi connectivity index (χ3v) is 15.8. The fraction of sp³-hybridized carbons (Fsp3) is 0.773. The average Bonchev–Trinajstić information content (AvgIpc) is 3.03. The number of esters is 1. The molecule has 2 aliphatic rings. The zero-order valence-corrected chi connectivity index (χ0v) is 22.1. The van der Waals surface area contributed by atoms with Gasteiger partial charge >= 0.3 is 5.97 Å². The van der Waals surface area contributed by atoms with Crippen LogP contribution in [0.5, 0.6) is 0 Å². The fourth-order valence-corrected chi connectivity index (χ4v) is 5.57. The maximum absolute atomic E-state index is 11.5. The van der Waals surface area contributed by atoms with E-state index in [1.807, 2.05) is 6.08 Å². The number of hydrogen-bond acceptors (Lipinski definition) is 5. The normalized spacial score (nSPS) is 30.3. The Bertz CT molecular complexity index is 682. The first-order chi connectivity index (χ1) is 12.9. The zero-order chi connectivity index (χ0) is 22.4. The Morgan fingerprint density at radius 1 is 0.897 bits per heavy atom. The predicted molar refractivity (Wildman–Crippen MR) is 122 cm³/mol. The third kappa shape index (κ3) is 5.50. The molecular weight excluding hydrogens is 400 g/mol. The molecule has 0 aromatic rings. The van der Waals surface area contributed by atoms with Crippen molar-refractivity contribution in [3.8, 4) is 0 Å².